The summed E-state index contributed by atoms with van der Waals surface area (Å²) in [6.07, 6.45) is 2.01. The van der Waals surface area contributed by atoms with Crippen molar-refractivity contribution in [3.8, 4) is 0 Å². The molecule has 0 saturated carbocycles. The largest absolute Gasteiger partial charge is 0.384 e. The summed E-state index contributed by atoms with van der Waals surface area (Å²) in [6, 6.07) is 0. The first-order valence-electron chi connectivity index (χ1n) is 4.63. The van der Waals surface area contributed by atoms with Gasteiger partial charge in [0.25, 0.3) is 0 Å². The van der Waals surface area contributed by atoms with Crippen molar-refractivity contribution in [2.24, 2.45) is 5.73 Å². The van der Waals surface area contributed by atoms with Crippen LogP contribution in [-0.4, -0.2) is 28.9 Å². The number of aromatic nitrogens is 2. The number of nitrogens with zero attached hydrogens (tertiary/aromatic N) is 2. The van der Waals surface area contributed by atoms with Crippen LogP contribution in [0.5, 0.6) is 0 Å². The summed E-state index contributed by atoms with van der Waals surface area (Å²) in [4.78, 5) is 5.53. The van der Waals surface area contributed by atoms with Gasteiger partial charge >= 0.3 is 0 Å². The number of nitrogens with two attached hydrogens (primary N) is 1. The first kappa shape index (κ1) is 10.9. The van der Waals surface area contributed by atoms with Gasteiger partial charge in [-0.25, -0.2) is 4.98 Å². The zero-order valence-corrected chi connectivity index (χ0v) is 10.1. The van der Waals surface area contributed by atoms with E-state index in [9.17, 15) is 0 Å². The van der Waals surface area contributed by atoms with Gasteiger partial charge in [0.1, 0.15) is 5.03 Å². The van der Waals surface area contributed by atoms with Gasteiger partial charge in [0, 0.05) is 31.0 Å². The number of methoxy groups -OCH3 is 1. The second-order valence-corrected chi connectivity index (χ2v) is 4.92. The number of thioether (sulfide) groups is 1. The molecule has 0 unspecified atom stereocenters. The van der Waals surface area contributed by atoms with Crippen molar-refractivity contribution in [1.29, 1.82) is 0 Å². The van der Waals surface area contributed by atoms with Gasteiger partial charge in [-0.3, -0.25) is 4.40 Å². The first-order chi connectivity index (χ1) is 7.36. The standard InChI is InChI=1S/C9H13N3OS2/c1-13-3-5-14-8-7(6-10)12-2-4-15-9(12)11-8/h2,4H,3,5-6,10H2,1H3. The molecule has 6 heteroatoms. The van der Waals surface area contributed by atoms with E-state index in [1.165, 1.54) is 0 Å². The highest BCUT2D eigenvalue weighted by molar-refractivity contribution is 7.99. The van der Waals surface area contributed by atoms with Crippen LogP contribution < -0.4 is 5.73 Å². The molecule has 0 aromatic carbocycles. The average Bonchev–Trinajstić information content (AvgIpc) is 2.77. The lowest BCUT2D eigenvalue weighted by atomic mass is 10.5. The lowest BCUT2D eigenvalue weighted by Gasteiger charge is -2.00. The van der Waals surface area contributed by atoms with E-state index in [2.05, 4.69) is 9.38 Å². The molecule has 4 nitrogen and oxygen atoms in total. The zero-order valence-electron chi connectivity index (χ0n) is 8.47. The maximum atomic E-state index is 5.72. The Hall–Kier alpha value is -0.560. The summed E-state index contributed by atoms with van der Waals surface area (Å²) in [5, 5.41) is 3.05. The lowest BCUT2D eigenvalue weighted by molar-refractivity contribution is 0.218. The van der Waals surface area contributed by atoms with E-state index in [0.717, 1.165) is 28.0 Å². The van der Waals surface area contributed by atoms with Crippen molar-refractivity contribution in [3.05, 3.63) is 17.3 Å². The van der Waals surface area contributed by atoms with Crippen molar-refractivity contribution in [1.82, 2.24) is 9.38 Å². The zero-order chi connectivity index (χ0) is 10.7. The molecule has 0 aliphatic carbocycles. The Labute approximate surface area is 96.4 Å². The van der Waals surface area contributed by atoms with E-state index in [1.54, 1.807) is 30.2 Å². The Morgan fingerprint density at radius 2 is 2.53 bits per heavy atom. The van der Waals surface area contributed by atoms with Gasteiger partial charge in [-0.05, 0) is 0 Å². The fraction of sp³-hybridized carbons (Fsp3) is 0.444. The van der Waals surface area contributed by atoms with E-state index >= 15 is 0 Å². The minimum absolute atomic E-state index is 0.521. The molecule has 0 amide bonds. The Morgan fingerprint density at radius 1 is 1.67 bits per heavy atom. The molecule has 0 bridgehead atoms. The normalized spacial score (nSPS) is 11.3. The third-order valence-electron chi connectivity index (χ3n) is 2.04. The number of rotatable bonds is 5. The van der Waals surface area contributed by atoms with Gasteiger partial charge in [-0.2, -0.15) is 0 Å². The second-order valence-electron chi connectivity index (χ2n) is 2.96. The molecule has 2 N–H and O–H groups in total. The highest BCUT2D eigenvalue weighted by Gasteiger charge is 2.11. The summed E-state index contributed by atoms with van der Waals surface area (Å²) in [5.41, 5.74) is 6.81. The van der Waals surface area contributed by atoms with Crippen LogP contribution in [0.1, 0.15) is 5.69 Å². The third-order valence-corrected chi connectivity index (χ3v) is 3.77. The van der Waals surface area contributed by atoms with Crippen molar-refractivity contribution in [2.45, 2.75) is 11.6 Å². The predicted molar refractivity (Wildman–Crippen MR) is 63.6 cm³/mol. The lowest BCUT2D eigenvalue weighted by Crippen LogP contribution is -2.01. The Kier molecular flexibility index (Phi) is 3.63. The van der Waals surface area contributed by atoms with E-state index in [0.29, 0.717) is 6.54 Å². The maximum Gasteiger partial charge on any atom is 0.194 e. The van der Waals surface area contributed by atoms with Gasteiger partial charge in [-0.1, -0.05) is 0 Å². The van der Waals surface area contributed by atoms with Crippen molar-refractivity contribution in [2.75, 3.05) is 19.5 Å². The van der Waals surface area contributed by atoms with Crippen LogP contribution in [-0.2, 0) is 11.3 Å². The SMILES string of the molecule is COCCSc1nc2sccn2c1CN. The number of ether oxygens (including phenoxy) is 1. The Morgan fingerprint density at radius 3 is 3.27 bits per heavy atom. The number of hydrogen-bond donors (Lipinski definition) is 1. The van der Waals surface area contributed by atoms with E-state index in [1.807, 2.05) is 11.6 Å². The van der Waals surface area contributed by atoms with E-state index < -0.39 is 0 Å². The van der Waals surface area contributed by atoms with Crippen LogP contribution >= 0.6 is 23.1 Å². The van der Waals surface area contributed by atoms with Crippen molar-refractivity contribution < 1.29 is 4.74 Å². The van der Waals surface area contributed by atoms with Gasteiger partial charge in [-0.15, -0.1) is 23.1 Å². The fourth-order valence-electron chi connectivity index (χ4n) is 1.34. The van der Waals surface area contributed by atoms with Crippen LogP contribution in [0, 0.1) is 0 Å². The Balaban J connectivity index is 2.21. The van der Waals surface area contributed by atoms with E-state index in [-0.39, 0.29) is 0 Å². The molecular formula is C9H13N3OS2. The fourth-order valence-corrected chi connectivity index (χ4v) is 3.07. The van der Waals surface area contributed by atoms with Gasteiger partial charge in [0.15, 0.2) is 4.96 Å². The van der Waals surface area contributed by atoms with Crippen LogP contribution in [0.25, 0.3) is 4.96 Å². The summed E-state index contributed by atoms with van der Waals surface area (Å²) >= 11 is 3.32. The molecule has 0 saturated heterocycles. The van der Waals surface area contributed by atoms with Crippen LogP contribution in [0.3, 0.4) is 0 Å². The minimum atomic E-state index is 0.521. The highest BCUT2D eigenvalue weighted by Crippen LogP contribution is 2.25. The minimum Gasteiger partial charge on any atom is -0.384 e. The molecule has 0 aliphatic rings. The van der Waals surface area contributed by atoms with Gasteiger partial charge in [0.2, 0.25) is 0 Å². The van der Waals surface area contributed by atoms with Crippen LogP contribution in [0.4, 0.5) is 0 Å². The molecule has 0 aliphatic heterocycles. The van der Waals surface area contributed by atoms with Crippen LogP contribution in [0.15, 0.2) is 16.6 Å². The molecule has 0 fully saturated rings. The predicted octanol–water partition coefficient (Wildman–Crippen LogP) is 1.59. The summed E-state index contributed by atoms with van der Waals surface area (Å²) in [7, 11) is 1.70. The molecular weight excluding hydrogens is 230 g/mol. The van der Waals surface area contributed by atoms with Crippen molar-refractivity contribution in [3.63, 3.8) is 0 Å². The van der Waals surface area contributed by atoms with Gasteiger partial charge < -0.3 is 10.5 Å². The first-order valence-corrected chi connectivity index (χ1v) is 6.49. The van der Waals surface area contributed by atoms with Crippen LogP contribution in [0.2, 0.25) is 0 Å². The van der Waals surface area contributed by atoms with Crippen molar-refractivity contribution >= 4 is 28.1 Å². The van der Waals surface area contributed by atoms with E-state index in [4.69, 9.17) is 10.5 Å². The quantitative estimate of drug-likeness (QED) is 0.640. The molecule has 0 atom stereocenters. The molecule has 2 aromatic heterocycles. The molecule has 2 aromatic rings. The summed E-state index contributed by atoms with van der Waals surface area (Å²) in [5.74, 6) is 0.911. The maximum absolute atomic E-state index is 5.72. The molecule has 0 spiro atoms. The molecule has 82 valence electrons. The number of fused-ring (bicyclic) bond motifs is 1. The average molecular weight is 243 g/mol. The molecule has 0 radical (unpaired) electrons. The number of imidazole rings is 1. The summed E-state index contributed by atoms with van der Waals surface area (Å²) in [6.45, 7) is 1.26. The number of thiazole rings is 1. The smallest absolute Gasteiger partial charge is 0.194 e. The highest BCUT2D eigenvalue weighted by atomic mass is 32.2. The molecule has 15 heavy (non-hydrogen) atoms. The third kappa shape index (κ3) is 2.17. The summed E-state index contributed by atoms with van der Waals surface area (Å²) < 4.78 is 7.06. The molecule has 2 rings (SSSR count). The number of hydrogen-bond acceptors (Lipinski definition) is 5. The monoisotopic (exact) mass is 243 g/mol. The van der Waals surface area contributed by atoms with Gasteiger partial charge in [0.05, 0.1) is 12.3 Å². The second kappa shape index (κ2) is 4.98. The Bertz CT molecular complexity index is 437. The topological polar surface area (TPSA) is 52.5 Å². The molecule has 2 heterocycles.